The minimum absolute atomic E-state index is 0.338. The third-order valence-corrected chi connectivity index (χ3v) is 2.93. The molecule has 2 rings (SSSR count). The maximum Gasteiger partial charge on any atom is 0.146 e. The van der Waals surface area contributed by atoms with Gasteiger partial charge in [-0.15, -0.1) is 0 Å². The fourth-order valence-electron chi connectivity index (χ4n) is 1.84. The molecule has 0 aliphatic carbocycles. The summed E-state index contributed by atoms with van der Waals surface area (Å²) in [5.74, 6) is -0.363. The molecule has 0 aliphatic heterocycles. The Morgan fingerprint density at radius 3 is 2.37 bits per heavy atom. The highest BCUT2D eigenvalue weighted by Crippen LogP contribution is 2.25. The Bertz CT molecular complexity index is 617. The fraction of sp³-hybridized carbons (Fsp3) is 0.133. The molecule has 2 aromatic carbocycles. The summed E-state index contributed by atoms with van der Waals surface area (Å²) in [6, 6.07) is 13.1. The van der Waals surface area contributed by atoms with E-state index >= 15 is 0 Å². The molecule has 0 amide bonds. The van der Waals surface area contributed by atoms with E-state index in [2.05, 4.69) is 5.32 Å². The van der Waals surface area contributed by atoms with Gasteiger partial charge in [-0.1, -0.05) is 18.2 Å². The number of aliphatic hydroxyl groups excluding tert-OH is 1. The molecule has 0 heterocycles. The van der Waals surface area contributed by atoms with Crippen LogP contribution in [0.5, 0.6) is 0 Å². The molecule has 0 saturated carbocycles. The van der Waals surface area contributed by atoms with Crippen molar-refractivity contribution >= 4 is 5.69 Å². The van der Waals surface area contributed by atoms with Gasteiger partial charge in [-0.05, 0) is 35.4 Å². The van der Waals surface area contributed by atoms with E-state index in [1.54, 1.807) is 43.4 Å². The van der Waals surface area contributed by atoms with Crippen LogP contribution in [0.25, 0.3) is 0 Å². The van der Waals surface area contributed by atoms with Crippen LogP contribution in [0.1, 0.15) is 22.8 Å². The van der Waals surface area contributed by atoms with E-state index in [0.717, 1.165) is 0 Å². The van der Waals surface area contributed by atoms with Gasteiger partial charge in [-0.3, -0.25) is 0 Å². The van der Waals surface area contributed by atoms with Crippen LogP contribution in [0.15, 0.2) is 42.5 Å². The van der Waals surface area contributed by atoms with Gasteiger partial charge in [0.1, 0.15) is 11.9 Å². The summed E-state index contributed by atoms with van der Waals surface area (Å²) in [7, 11) is 1.62. The van der Waals surface area contributed by atoms with Gasteiger partial charge in [0, 0.05) is 7.05 Å². The molecule has 0 radical (unpaired) electrons. The van der Waals surface area contributed by atoms with E-state index in [1.807, 2.05) is 6.07 Å². The first kappa shape index (κ1) is 13.1. The first-order valence-electron chi connectivity index (χ1n) is 5.81. The van der Waals surface area contributed by atoms with Crippen molar-refractivity contribution in [1.29, 1.82) is 5.26 Å². The fourth-order valence-corrected chi connectivity index (χ4v) is 1.84. The molecule has 0 aromatic heterocycles. The predicted molar refractivity (Wildman–Crippen MR) is 71.2 cm³/mol. The van der Waals surface area contributed by atoms with Gasteiger partial charge in [0.15, 0.2) is 0 Å². The summed E-state index contributed by atoms with van der Waals surface area (Å²) in [4.78, 5) is 0. The molecule has 0 aliphatic rings. The topological polar surface area (TPSA) is 56.0 Å². The number of benzene rings is 2. The molecule has 2 N–H and O–H groups in total. The molecule has 4 heteroatoms. The molecule has 2 aromatic rings. The lowest BCUT2D eigenvalue weighted by Gasteiger charge is -2.13. The summed E-state index contributed by atoms with van der Waals surface area (Å²) >= 11 is 0. The minimum atomic E-state index is -0.847. The Kier molecular flexibility index (Phi) is 3.79. The lowest BCUT2D eigenvalue weighted by molar-refractivity contribution is 0.220. The highest BCUT2D eigenvalue weighted by atomic mass is 19.1. The van der Waals surface area contributed by atoms with Crippen LogP contribution in [0, 0.1) is 17.1 Å². The molecule has 0 bridgehead atoms. The highest BCUT2D eigenvalue weighted by molar-refractivity contribution is 5.48. The van der Waals surface area contributed by atoms with Crippen molar-refractivity contribution in [2.75, 3.05) is 12.4 Å². The Morgan fingerprint density at radius 2 is 1.79 bits per heavy atom. The minimum Gasteiger partial charge on any atom is -0.386 e. The van der Waals surface area contributed by atoms with Crippen LogP contribution in [-0.4, -0.2) is 12.2 Å². The third-order valence-electron chi connectivity index (χ3n) is 2.93. The van der Waals surface area contributed by atoms with Crippen molar-refractivity contribution in [2.24, 2.45) is 0 Å². The maximum absolute atomic E-state index is 13.4. The lowest BCUT2D eigenvalue weighted by Crippen LogP contribution is -2.02. The molecule has 96 valence electrons. The first-order valence-corrected chi connectivity index (χ1v) is 5.81. The third kappa shape index (κ3) is 2.72. The van der Waals surface area contributed by atoms with Crippen molar-refractivity contribution in [2.45, 2.75) is 6.10 Å². The van der Waals surface area contributed by atoms with E-state index < -0.39 is 6.10 Å². The number of nitriles is 1. The van der Waals surface area contributed by atoms with Crippen LogP contribution in [0.3, 0.4) is 0 Å². The Labute approximate surface area is 110 Å². The average Bonchev–Trinajstić information content (AvgIpc) is 2.47. The Balaban J connectivity index is 2.32. The quantitative estimate of drug-likeness (QED) is 0.887. The van der Waals surface area contributed by atoms with E-state index in [1.165, 1.54) is 6.07 Å². The number of hydrogen-bond donors (Lipinski definition) is 2. The van der Waals surface area contributed by atoms with E-state index in [9.17, 15) is 9.50 Å². The SMILES string of the molecule is CNc1cc(C(O)c2ccc(C#N)cc2)ccc1F. The van der Waals surface area contributed by atoms with Gasteiger partial charge in [0.2, 0.25) is 0 Å². The molecule has 19 heavy (non-hydrogen) atoms. The van der Waals surface area contributed by atoms with Crippen molar-refractivity contribution < 1.29 is 9.50 Å². The molecule has 3 nitrogen and oxygen atoms in total. The molecule has 0 saturated heterocycles. The number of anilines is 1. The van der Waals surface area contributed by atoms with Crippen LogP contribution in [0.4, 0.5) is 10.1 Å². The van der Waals surface area contributed by atoms with Gasteiger partial charge in [-0.25, -0.2) is 4.39 Å². The second kappa shape index (κ2) is 5.51. The summed E-state index contributed by atoms with van der Waals surface area (Å²) in [6.45, 7) is 0. The molecule has 1 unspecified atom stereocenters. The van der Waals surface area contributed by atoms with E-state index in [-0.39, 0.29) is 5.82 Å². The summed E-state index contributed by atoms with van der Waals surface area (Å²) in [5.41, 5.74) is 2.12. The monoisotopic (exact) mass is 256 g/mol. The number of rotatable bonds is 3. The van der Waals surface area contributed by atoms with Crippen molar-refractivity contribution in [3.8, 4) is 6.07 Å². The summed E-state index contributed by atoms with van der Waals surface area (Å²) in [5, 5.41) is 21.7. The normalized spacial score (nSPS) is 11.7. The van der Waals surface area contributed by atoms with Crippen LogP contribution < -0.4 is 5.32 Å². The highest BCUT2D eigenvalue weighted by Gasteiger charge is 2.12. The zero-order valence-electron chi connectivity index (χ0n) is 10.4. The number of nitrogens with zero attached hydrogens (tertiary/aromatic N) is 1. The van der Waals surface area contributed by atoms with Crippen LogP contribution >= 0.6 is 0 Å². The number of aliphatic hydroxyl groups is 1. The van der Waals surface area contributed by atoms with Crippen molar-refractivity contribution in [1.82, 2.24) is 0 Å². The maximum atomic E-state index is 13.4. The molecule has 0 fully saturated rings. The first-order chi connectivity index (χ1) is 9.15. The number of halogens is 1. The zero-order chi connectivity index (χ0) is 13.8. The standard InChI is InChI=1S/C15H13FN2O/c1-18-14-8-12(6-7-13(14)16)15(19)11-4-2-10(9-17)3-5-11/h2-8,15,18-19H,1H3. The number of hydrogen-bond acceptors (Lipinski definition) is 3. The number of nitrogens with one attached hydrogen (secondary N) is 1. The zero-order valence-corrected chi connectivity index (χ0v) is 10.4. The van der Waals surface area contributed by atoms with Crippen molar-refractivity contribution in [3.05, 3.63) is 65.0 Å². The van der Waals surface area contributed by atoms with Crippen LogP contribution in [-0.2, 0) is 0 Å². The second-order valence-electron chi connectivity index (χ2n) is 4.13. The van der Waals surface area contributed by atoms with E-state index in [4.69, 9.17) is 5.26 Å². The Morgan fingerprint density at radius 1 is 1.16 bits per heavy atom. The largest absolute Gasteiger partial charge is 0.386 e. The molecule has 1 atom stereocenters. The summed E-state index contributed by atoms with van der Waals surface area (Å²) < 4.78 is 13.4. The second-order valence-corrected chi connectivity index (χ2v) is 4.13. The molecular formula is C15H13FN2O. The summed E-state index contributed by atoms with van der Waals surface area (Å²) in [6.07, 6.45) is -0.847. The van der Waals surface area contributed by atoms with E-state index in [0.29, 0.717) is 22.4 Å². The molecule has 0 spiro atoms. The van der Waals surface area contributed by atoms with Gasteiger partial charge < -0.3 is 10.4 Å². The van der Waals surface area contributed by atoms with Gasteiger partial charge in [0.05, 0.1) is 17.3 Å². The van der Waals surface area contributed by atoms with Gasteiger partial charge in [-0.2, -0.15) is 5.26 Å². The smallest absolute Gasteiger partial charge is 0.146 e. The predicted octanol–water partition coefficient (Wildman–Crippen LogP) is 2.82. The Hall–Kier alpha value is -2.38. The molecular weight excluding hydrogens is 243 g/mol. The van der Waals surface area contributed by atoms with Crippen molar-refractivity contribution in [3.63, 3.8) is 0 Å². The van der Waals surface area contributed by atoms with Crippen LogP contribution in [0.2, 0.25) is 0 Å². The lowest BCUT2D eigenvalue weighted by atomic mass is 10.00. The van der Waals surface area contributed by atoms with Gasteiger partial charge >= 0.3 is 0 Å². The van der Waals surface area contributed by atoms with Gasteiger partial charge in [0.25, 0.3) is 0 Å². The average molecular weight is 256 g/mol.